The van der Waals surface area contributed by atoms with Gasteiger partial charge in [-0.05, 0) is 32.0 Å². The summed E-state index contributed by atoms with van der Waals surface area (Å²) in [5.74, 6) is -2.82. The Morgan fingerprint density at radius 2 is 1.94 bits per heavy atom. The fourth-order valence-corrected chi connectivity index (χ4v) is 4.49. The van der Waals surface area contributed by atoms with Gasteiger partial charge >= 0.3 is 6.18 Å². The zero-order valence-electron chi connectivity index (χ0n) is 18.7. The van der Waals surface area contributed by atoms with Gasteiger partial charge in [-0.15, -0.1) is 0 Å². The van der Waals surface area contributed by atoms with E-state index in [1.807, 2.05) is 0 Å². The molecule has 0 bridgehead atoms. The second-order valence-electron chi connectivity index (χ2n) is 8.34. The monoisotopic (exact) mass is 511 g/mol. The van der Waals surface area contributed by atoms with Crippen LogP contribution in [0.5, 0.6) is 0 Å². The van der Waals surface area contributed by atoms with Crippen LogP contribution in [0.4, 0.5) is 29.1 Å². The van der Waals surface area contributed by atoms with Gasteiger partial charge in [-0.1, -0.05) is 17.7 Å². The number of hydrazone groups is 1. The van der Waals surface area contributed by atoms with Crippen molar-refractivity contribution in [2.24, 2.45) is 11.0 Å². The molecule has 2 aliphatic rings. The normalized spacial score (nSPS) is 24.2. The molecule has 4 rings (SSSR count). The van der Waals surface area contributed by atoms with Crippen LogP contribution in [0.1, 0.15) is 24.2 Å². The molecule has 2 aliphatic heterocycles. The first-order valence-corrected chi connectivity index (χ1v) is 10.7. The summed E-state index contributed by atoms with van der Waals surface area (Å²) in [4.78, 5) is 28.4. The quantitative estimate of drug-likeness (QED) is 0.428. The first-order chi connectivity index (χ1) is 16.3. The van der Waals surface area contributed by atoms with Crippen LogP contribution in [0.15, 0.2) is 52.9 Å². The molecule has 3 heterocycles. The van der Waals surface area contributed by atoms with Gasteiger partial charge in [-0.25, -0.2) is 20.2 Å². The van der Waals surface area contributed by atoms with Crippen molar-refractivity contribution in [3.05, 3.63) is 64.2 Å². The number of carbonyl (C=O) groups is 2. The molecule has 13 heteroatoms. The average molecular weight is 512 g/mol. The summed E-state index contributed by atoms with van der Waals surface area (Å²) in [6.45, 7) is 2.88. The van der Waals surface area contributed by atoms with Crippen molar-refractivity contribution >= 4 is 40.6 Å². The van der Waals surface area contributed by atoms with E-state index in [9.17, 15) is 27.2 Å². The SMILES string of the molecule is CC1=C(C2=NNC(=O)C2C)N[N+](C)(c2ccc(NC(=O)c3c(F)cccc3Cl)cn2)C1C(F)(F)F. The summed E-state index contributed by atoms with van der Waals surface area (Å²) in [5, 5.41) is 6.25. The number of allylic oxidation sites excluding steroid dienone is 1. The van der Waals surface area contributed by atoms with E-state index in [2.05, 4.69) is 26.3 Å². The number of anilines is 1. The molecule has 0 radical (unpaired) electrons. The Balaban J connectivity index is 1.64. The molecule has 0 spiro atoms. The minimum absolute atomic E-state index is 0.0193. The van der Waals surface area contributed by atoms with Gasteiger partial charge < -0.3 is 5.32 Å². The van der Waals surface area contributed by atoms with Gasteiger partial charge in [0.25, 0.3) is 11.7 Å². The molecule has 0 saturated carbocycles. The average Bonchev–Trinajstić information content (AvgIpc) is 3.24. The van der Waals surface area contributed by atoms with Crippen LogP contribution in [0.2, 0.25) is 5.02 Å². The number of halogens is 5. The summed E-state index contributed by atoms with van der Waals surface area (Å²) in [7, 11) is 1.30. The van der Waals surface area contributed by atoms with Gasteiger partial charge in [-0.2, -0.15) is 22.9 Å². The molecule has 2 aromatic rings. The van der Waals surface area contributed by atoms with Gasteiger partial charge in [0.15, 0.2) is 0 Å². The largest absolute Gasteiger partial charge is 0.448 e. The number of amides is 2. The van der Waals surface area contributed by atoms with Crippen LogP contribution in [0, 0.1) is 11.7 Å². The van der Waals surface area contributed by atoms with Gasteiger partial charge in [0.2, 0.25) is 11.9 Å². The Kier molecular flexibility index (Phi) is 6.05. The summed E-state index contributed by atoms with van der Waals surface area (Å²) in [5.41, 5.74) is 5.12. The Hall–Kier alpha value is -3.51. The number of nitrogens with one attached hydrogen (secondary N) is 3. The number of alkyl halides is 3. The molecule has 0 fully saturated rings. The summed E-state index contributed by atoms with van der Waals surface area (Å²) in [6.07, 6.45) is -3.50. The number of hydrogen-bond acceptors (Lipinski definition) is 5. The van der Waals surface area contributed by atoms with Crippen LogP contribution in [0.25, 0.3) is 0 Å². The highest BCUT2D eigenvalue weighted by atomic mass is 35.5. The van der Waals surface area contributed by atoms with E-state index in [4.69, 9.17) is 11.6 Å². The number of nitrogens with zero attached hydrogens (tertiary/aromatic N) is 3. The standard InChI is InChI=1S/C22H19ClF4N6O2/c1-10-18(17-11(2)20(34)31-30-17)32-33(3,19(10)22(25,26)27)15-8-7-12(9-28-15)29-21(35)16-13(23)5-4-6-14(16)24/h4-9,11,19,32H,1-3H3,(H-,29,31,34,35)/p+1. The van der Waals surface area contributed by atoms with Crippen molar-refractivity contribution < 1.29 is 27.2 Å². The number of quaternary nitrogens is 1. The number of rotatable bonds is 4. The van der Waals surface area contributed by atoms with Gasteiger partial charge in [0, 0.05) is 11.6 Å². The van der Waals surface area contributed by atoms with E-state index >= 15 is 0 Å². The molecule has 0 aliphatic carbocycles. The summed E-state index contributed by atoms with van der Waals surface area (Å²) < 4.78 is 55.7. The lowest BCUT2D eigenvalue weighted by atomic mass is 9.98. The first-order valence-electron chi connectivity index (χ1n) is 10.4. The highest BCUT2D eigenvalue weighted by Crippen LogP contribution is 2.41. The van der Waals surface area contributed by atoms with Gasteiger partial charge in [0.05, 0.1) is 35.4 Å². The second-order valence-corrected chi connectivity index (χ2v) is 8.75. The van der Waals surface area contributed by atoms with E-state index in [1.165, 1.54) is 38.2 Å². The minimum atomic E-state index is -4.66. The molecule has 0 saturated heterocycles. The lowest BCUT2D eigenvalue weighted by Gasteiger charge is -2.35. The Bertz CT molecular complexity index is 1260. The van der Waals surface area contributed by atoms with E-state index in [0.29, 0.717) is 0 Å². The third-order valence-corrected chi connectivity index (χ3v) is 6.31. The molecule has 1 aromatic heterocycles. The molecular formula is C22H20ClF4N6O2+. The topological polar surface area (TPSA) is 95.5 Å². The Morgan fingerprint density at radius 3 is 2.49 bits per heavy atom. The van der Waals surface area contributed by atoms with Crippen molar-refractivity contribution in [1.29, 1.82) is 0 Å². The molecule has 2 amide bonds. The predicted molar refractivity (Wildman–Crippen MR) is 122 cm³/mol. The van der Waals surface area contributed by atoms with E-state index in [0.717, 1.165) is 12.3 Å². The summed E-state index contributed by atoms with van der Waals surface area (Å²) in [6, 6.07) is 4.42. The molecule has 35 heavy (non-hydrogen) atoms. The Morgan fingerprint density at radius 1 is 1.23 bits per heavy atom. The van der Waals surface area contributed by atoms with E-state index in [1.54, 1.807) is 6.92 Å². The molecule has 3 atom stereocenters. The van der Waals surface area contributed by atoms with Crippen LogP contribution in [-0.2, 0) is 4.79 Å². The fraction of sp³-hybridized carbons (Fsp3) is 0.273. The van der Waals surface area contributed by atoms with Crippen molar-refractivity contribution in [3.8, 4) is 0 Å². The lowest BCUT2D eigenvalue weighted by molar-refractivity contribution is -0.168. The first kappa shape index (κ1) is 24.6. The number of benzene rings is 1. The van der Waals surface area contributed by atoms with Crippen molar-refractivity contribution in [1.82, 2.24) is 20.4 Å². The Labute approximate surface area is 202 Å². The fourth-order valence-electron chi connectivity index (χ4n) is 4.24. The van der Waals surface area contributed by atoms with Crippen LogP contribution in [0.3, 0.4) is 0 Å². The lowest BCUT2D eigenvalue weighted by Crippen LogP contribution is -2.63. The van der Waals surface area contributed by atoms with E-state index < -0.39 is 40.4 Å². The molecule has 8 nitrogen and oxygen atoms in total. The molecule has 184 valence electrons. The predicted octanol–water partition coefficient (Wildman–Crippen LogP) is 3.91. The molecule has 3 N–H and O–H groups in total. The molecule has 3 unspecified atom stereocenters. The number of carbonyl (C=O) groups excluding carboxylic acids is 2. The third kappa shape index (κ3) is 4.23. The second kappa shape index (κ2) is 8.61. The van der Waals surface area contributed by atoms with Gasteiger partial charge in [0.1, 0.15) is 17.2 Å². The maximum Gasteiger partial charge on any atom is 0.448 e. The zero-order chi connectivity index (χ0) is 25.7. The number of hydrogen-bond donors (Lipinski definition) is 3. The number of pyridine rings is 1. The smallest absolute Gasteiger partial charge is 0.320 e. The van der Waals surface area contributed by atoms with Gasteiger partial charge in [-0.3, -0.25) is 9.59 Å². The van der Waals surface area contributed by atoms with E-state index in [-0.39, 0.29) is 39.1 Å². The summed E-state index contributed by atoms with van der Waals surface area (Å²) >= 11 is 5.91. The molecule has 1 aromatic carbocycles. The molecular weight excluding hydrogens is 492 g/mol. The maximum atomic E-state index is 14.2. The van der Waals surface area contributed by atoms with Crippen molar-refractivity contribution in [3.63, 3.8) is 0 Å². The number of likely N-dealkylation sites (N-methyl/N-ethyl adjacent to an activating group) is 1. The van der Waals surface area contributed by atoms with Crippen molar-refractivity contribution in [2.75, 3.05) is 12.4 Å². The third-order valence-electron chi connectivity index (χ3n) is 5.99. The zero-order valence-corrected chi connectivity index (χ0v) is 19.4. The van der Waals surface area contributed by atoms with Crippen LogP contribution < -0.4 is 20.8 Å². The number of aromatic nitrogens is 1. The van der Waals surface area contributed by atoms with Crippen molar-refractivity contribution in [2.45, 2.75) is 26.1 Å². The highest BCUT2D eigenvalue weighted by molar-refractivity contribution is 6.34. The highest BCUT2D eigenvalue weighted by Gasteiger charge is 2.61. The van der Waals surface area contributed by atoms with Crippen LogP contribution in [-0.4, -0.2) is 41.8 Å². The minimum Gasteiger partial charge on any atom is -0.320 e. The maximum absolute atomic E-state index is 14.2. The van der Waals surface area contributed by atoms with Crippen LogP contribution >= 0.6 is 11.6 Å².